The maximum atomic E-state index is 12.1. The topological polar surface area (TPSA) is 47.6 Å². The van der Waals surface area contributed by atoms with Crippen molar-refractivity contribution in [2.45, 2.75) is 20.4 Å². The molecule has 4 nitrogen and oxygen atoms in total. The molecule has 0 bridgehead atoms. The van der Waals surface area contributed by atoms with Crippen molar-refractivity contribution in [2.24, 2.45) is 0 Å². The minimum absolute atomic E-state index is 0.00900. The van der Waals surface area contributed by atoms with Gasteiger partial charge >= 0.3 is 0 Å². The number of rotatable bonds is 6. The molecular weight excluding hydrogens is 326 g/mol. The summed E-state index contributed by atoms with van der Waals surface area (Å²) in [6.45, 7) is 4.45. The van der Waals surface area contributed by atoms with E-state index < -0.39 is 0 Å². The molecule has 3 aromatic rings. The van der Waals surface area contributed by atoms with Crippen molar-refractivity contribution in [2.75, 3.05) is 13.7 Å². The van der Waals surface area contributed by atoms with Crippen molar-refractivity contribution >= 4 is 16.7 Å². The lowest BCUT2D eigenvalue weighted by molar-refractivity contribution is -0.123. The number of amides is 1. The smallest absolute Gasteiger partial charge is 0.258 e. The Morgan fingerprint density at radius 1 is 0.962 bits per heavy atom. The van der Waals surface area contributed by atoms with E-state index in [4.69, 9.17) is 9.47 Å². The van der Waals surface area contributed by atoms with E-state index in [9.17, 15) is 4.79 Å². The molecule has 3 rings (SSSR count). The number of carbonyl (C=O) groups is 1. The molecule has 0 aliphatic heterocycles. The van der Waals surface area contributed by atoms with Gasteiger partial charge in [-0.1, -0.05) is 30.3 Å². The normalized spacial score (nSPS) is 10.6. The van der Waals surface area contributed by atoms with Crippen molar-refractivity contribution < 1.29 is 14.3 Å². The fourth-order valence-electron chi connectivity index (χ4n) is 2.77. The molecule has 0 fully saturated rings. The van der Waals surface area contributed by atoms with Crippen molar-refractivity contribution in [3.8, 4) is 11.5 Å². The molecule has 4 heteroatoms. The van der Waals surface area contributed by atoms with Gasteiger partial charge in [0.25, 0.3) is 5.91 Å². The van der Waals surface area contributed by atoms with Gasteiger partial charge in [-0.25, -0.2) is 0 Å². The van der Waals surface area contributed by atoms with E-state index in [1.54, 1.807) is 7.11 Å². The van der Waals surface area contributed by atoms with Crippen LogP contribution < -0.4 is 14.8 Å². The molecule has 3 aromatic carbocycles. The first kappa shape index (κ1) is 17.8. The summed E-state index contributed by atoms with van der Waals surface area (Å²) in [5.74, 6) is 1.45. The van der Waals surface area contributed by atoms with Crippen LogP contribution in [0.1, 0.15) is 16.7 Å². The minimum atomic E-state index is -0.138. The zero-order chi connectivity index (χ0) is 18.5. The molecule has 0 saturated carbocycles. The number of nitrogens with one attached hydrogen (secondary N) is 1. The SMILES string of the molecule is COc1ccc2cc(CNC(=O)COc3cc(C)ccc3C)ccc2c1. The van der Waals surface area contributed by atoms with Gasteiger partial charge in [-0.15, -0.1) is 0 Å². The lowest BCUT2D eigenvalue weighted by Crippen LogP contribution is -2.28. The van der Waals surface area contributed by atoms with E-state index in [2.05, 4.69) is 11.4 Å². The summed E-state index contributed by atoms with van der Waals surface area (Å²) in [4.78, 5) is 12.1. The molecule has 26 heavy (non-hydrogen) atoms. The van der Waals surface area contributed by atoms with Gasteiger partial charge in [0, 0.05) is 6.54 Å². The van der Waals surface area contributed by atoms with E-state index in [-0.39, 0.29) is 12.5 Å². The number of ether oxygens (including phenoxy) is 2. The summed E-state index contributed by atoms with van der Waals surface area (Å²) >= 11 is 0. The van der Waals surface area contributed by atoms with Crippen molar-refractivity contribution in [1.29, 1.82) is 0 Å². The van der Waals surface area contributed by atoms with Crippen LogP contribution in [0.25, 0.3) is 10.8 Å². The lowest BCUT2D eigenvalue weighted by Gasteiger charge is -2.11. The van der Waals surface area contributed by atoms with Gasteiger partial charge in [0.2, 0.25) is 0 Å². The van der Waals surface area contributed by atoms with E-state index in [0.29, 0.717) is 6.54 Å². The number of fused-ring (bicyclic) bond motifs is 1. The van der Waals surface area contributed by atoms with Crippen LogP contribution in [-0.2, 0) is 11.3 Å². The quantitative estimate of drug-likeness (QED) is 0.727. The van der Waals surface area contributed by atoms with Crippen LogP contribution in [0, 0.1) is 13.8 Å². The molecular formula is C22H23NO3. The molecule has 0 spiro atoms. The van der Waals surface area contributed by atoms with Crippen LogP contribution in [0.15, 0.2) is 54.6 Å². The Bertz CT molecular complexity index is 934. The van der Waals surface area contributed by atoms with Crippen LogP contribution in [0.2, 0.25) is 0 Å². The molecule has 0 aliphatic carbocycles. The molecule has 0 unspecified atom stereocenters. The van der Waals surface area contributed by atoms with Gasteiger partial charge in [-0.3, -0.25) is 4.79 Å². The van der Waals surface area contributed by atoms with Crippen molar-refractivity contribution in [3.05, 3.63) is 71.3 Å². The van der Waals surface area contributed by atoms with E-state index in [1.807, 2.05) is 62.4 Å². The third-order valence-corrected chi connectivity index (χ3v) is 4.30. The Kier molecular flexibility index (Phi) is 5.42. The standard InChI is InChI=1S/C22H23NO3/c1-15-4-5-16(2)21(10-15)26-14-22(24)23-13-17-6-7-19-12-20(25-3)9-8-18(19)11-17/h4-12H,13-14H2,1-3H3,(H,23,24). The van der Waals surface area contributed by atoms with E-state index in [0.717, 1.165) is 39.0 Å². The third-order valence-electron chi connectivity index (χ3n) is 4.30. The molecule has 1 amide bonds. The summed E-state index contributed by atoms with van der Waals surface area (Å²) in [7, 11) is 1.66. The second kappa shape index (κ2) is 7.91. The number of hydrogen-bond donors (Lipinski definition) is 1. The van der Waals surface area contributed by atoms with E-state index >= 15 is 0 Å². The van der Waals surface area contributed by atoms with Gasteiger partial charge in [-0.2, -0.15) is 0 Å². The molecule has 134 valence electrons. The second-order valence-electron chi connectivity index (χ2n) is 6.38. The highest BCUT2D eigenvalue weighted by Gasteiger charge is 2.06. The Hall–Kier alpha value is -3.01. The number of hydrogen-bond acceptors (Lipinski definition) is 3. The molecule has 0 aliphatic rings. The fraction of sp³-hybridized carbons (Fsp3) is 0.227. The summed E-state index contributed by atoms with van der Waals surface area (Å²) in [5, 5.41) is 5.13. The fourth-order valence-corrected chi connectivity index (χ4v) is 2.77. The molecule has 1 N–H and O–H groups in total. The summed E-state index contributed by atoms with van der Waals surface area (Å²) in [5.41, 5.74) is 3.18. The third kappa shape index (κ3) is 4.33. The molecule has 0 aromatic heterocycles. The van der Waals surface area contributed by atoms with Gasteiger partial charge in [-0.05, 0) is 65.6 Å². The van der Waals surface area contributed by atoms with Crippen LogP contribution in [0.5, 0.6) is 11.5 Å². The zero-order valence-electron chi connectivity index (χ0n) is 15.3. The van der Waals surface area contributed by atoms with Crippen molar-refractivity contribution in [3.63, 3.8) is 0 Å². The highest BCUT2D eigenvalue weighted by Crippen LogP contribution is 2.22. The summed E-state index contributed by atoms with van der Waals surface area (Å²) in [6, 6.07) is 18.0. The first-order valence-corrected chi connectivity index (χ1v) is 8.58. The molecule has 0 radical (unpaired) electrons. The number of methoxy groups -OCH3 is 1. The predicted octanol–water partition coefficient (Wildman–Crippen LogP) is 4.16. The maximum absolute atomic E-state index is 12.1. The maximum Gasteiger partial charge on any atom is 0.258 e. The first-order valence-electron chi connectivity index (χ1n) is 8.58. The van der Waals surface area contributed by atoms with Gasteiger partial charge in [0.1, 0.15) is 11.5 Å². The predicted molar refractivity (Wildman–Crippen MR) is 104 cm³/mol. The number of aryl methyl sites for hydroxylation is 2. The van der Waals surface area contributed by atoms with Crippen LogP contribution in [0.3, 0.4) is 0 Å². The van der Waals surface area contributed by atoms with Crippen molar-refractivity contribution in [1.82, 2.24) is 5.32 Å². The Balaban J connectivity index is 1.57. The molecule has 0 heterocycles. The minimum Gasteiger partial charge on any atom is -0.497 e. The summed E-state index contributed by atoms with van der Waals surface area (Å²) < 4.78 is 10.9. The highest BCUT2D eigenvalue weighted by molar-refractivity contribution is 5.84. The highest BCUT2D eigenvalue weighted by atomic mass is 16.5. The zero-order valence-corrected chi connectivity index (χ0v) is 15.3. The number of benzene rings is 3. The molecule has 0 atom stereocenters. The average molecular weight is 349 g/mol. The Labute approximate surface area is 153 Å². The Morgan fingerprint density at radius 3 is 2.54 bits per heavy atom. The van der Waals surface area contributed by atoms with Gasteiger partial charge < -0.3 is 14.8 Å². The van der Waals surface area contributed by atoms with Crippen LogP contribution >= 0.6 is 0 Å². The largest absolute Gasteiger partial charge is 0.497 e. The van der Waals surface area contributed by atoms with E-state index in [1.165, 1.54) is 0 Å². The van der Waals surface area contributed by atoms with Crippen LogP contribution in [0.4, 0.5) is 0 Å². The number of carbonyl (C=O) groups excluding carboxylic acids is 1. The van der Waals surface area contributed by atoms with Gasteiger partial charge in [0.05, 0.1) is 7.11 Å². The van der Waals surface area contributed by atoms with Gasteiger partial charge in [0.15, 0.2) is 6.61 Å². The first-order chi connectivity index (χ1) is 12.5. The molecule has 0 saturated heterocycles. The van der Waals surface area contributed by atoms with Crippen LogP contribution in [-0.4, -0.2) is 19.6 Å². The second-order valence-corrected chi connectivity index (χ2v) is 6.38. The monoisotopic (exact) mass is 349 g/mol. The Morgan fingerprint density at radius 2 is 1.73 bits per heavy atom. The lowest BCUT2D eigenvalue weighted by atomic mass is 10.1. The summed E-state index contributed by atoms with van der Waals surface area (Å²) in [6.07, 6.45) is 0. The average Bonchev–Trinajstić information content (AvgIpc) is 2.66.